The van der Waals surface area contributed by atoms with E-state index in [1.165, 1.54) is 4.31 Å². The van der Waals surface area contributed by atoms with Gasteiger partial charge < -0.3 is 19.7 Å². The summed E-state index contributed by atoms with van der Waals surface area (Å²) < 4.78 is 33.8. The molecule has 10 heteroatoms. The molecule has 2 aromatic rings. The maximum Gasteiger partial charge on any atom is 0.258 e. The Balaban J connectivity index is 1.61. The average molecular weight is 488 g/mol. The molecule has 0 spiro atoms. The smallest absolute Gasteiger partial charge is 0.258 e. The molecule has 2 bridgehead atoms. The van der Waals surface area contributed by atoms with Crippen molar-refractivity contribution in [2.24, 2.45) is 17.8 Å². The summed E-state index contributed by atoms with van der Waals surface area (Å²) >= 11 is 0. The number of amides is 1. The lowest BCUT2D eigenvalue weighted by molar-refractivity contribution is -0.127. The number of rotatable bonds is 7. The van der Waals surface area contributed by atoms with E-state index in [4.69, 9.17) is 4.74 Å². The molecular formula is C24H29N3O6S. The van der Waals surface area contributed by atoms with Gasteiger partial charge >= 0.3 is 0 Å². The van der Waals surface area contributed by atoms with Crippen LogP contribution >= 0.6 is 0 Å². The zero-order valence-corrected chi connectivity index (χ0v) is 20.0. The molecule has 3 aliphatic rings. The maximum atomic E-state index is 13.6. The third kappa shape index (κ3) is 3.83. The van der Waals surface area contributed by atoms with Crippen LogP contribution in [0.4, 0.5) is 0 Å². The highest BCUT2D eigenvalue weighted by atomic mass is 32.2. The molecular weight excluding hydrogens is 458 g/mol. The first-order chi connectivity index (χ1) is 16.2. The van der Waals surface area contributed by atoms with Gasteiger partial charge in [0, 0.05) is 42.9 Å². The lowest BCUT2D eigenvalue weighted by atomic mass is 9.86. The molecule has 1 aliphatic carbocycles. The molecule has 5 rings (SSSR count). The second-order valence-electron chi connectivity index (χ2n) is 9.49. The van der Waals surface area contributed by atoms with Crippen molar-refractivity contribution in [2.75, 3.05) is 26.5 Å². The van der Waals surface area contributed by atoms with Crippen molar-refractivity contribution >= 4 is 15.9 Å². The number of ether oxygens (including phenoxy) is 1. The first-order valence-electron chi connectivity index (χ1n) is 11.5. The van der Waals surface area contributed by atoms with E-state index in [9.17, 15) is 23.1 Å². The van der Waals surface area contributed by atoms with E-state index in [1.54, 1.807) is 42.0 Å². The van der Waals surface area contributed by atoms with Crippen molar-refractivity contribution in [3.63, 3.8) is 0 Å². The van der Waals surface area contributed by atoms with E-state index < -0.39 is 33.9 Å². The van der Waals surface area contributed by atoms with Gasteiger partial charge in [-0.05, 0) is 48.6 Å². The molecule has 3 heterocycles. The fourth-order valence-electron chi connectivity index (χ4n) is 5.50. The van der Waals surface area contributed by atoms with E-state index in [0.29, 0.717) is 35.0 Å². The SMILES string of the molecule is COc1cccc(-c2ccc3n(c2=O)C[C@H]2[C@H](CO)[C@@H](C(=O)NCC4CC4)[C@@H]3N2S(C)(=O)=O)c1. The van der Waals surface area contributed by atoms with E-state index in [-0.39, 0.29) is 24.6 Å². The van der Waals surface area contributed by atoms with Gasteiger partial charge in [-0.1, -0.05) is 12.1 Å². The number of hydrogen-bond acceptors (Lipinski definition) is 6. The lowest BCUT2D eigenvalue weighted by Gasteiger charge is -2.36. The molecule has 1 aromatic heterocycles. The second-order valence-corrected chi connectivity index (χ2v) is 11.4. The number of aromatic nitrogens is 1. The number of hydrogen-bond donors (Lipinski definition) is 2. The van der Waals surface area contributed by atoms with Crippen LogP contribution in [0, 0.1) is 17.8 Å². The highest BCUT2D eigenvalue weighted by molar-refractivity contribution is 7.88. The molecule has 2 aliphatic heterocycles. The van der Waals surface area contributed by atoms with Crippen LogP contribution in [0.1, 0.15) is 24.6 Å². The monoisotopic (exact) mass is 487 g/mol. The molecule has 34 heavy (non-hydrogen) atoms. The van der Waals surface area contributed by atoms with Crippen LogP contribution < -0.4 is 15.6 Å². The standard InChI is InChI=1S/C24H29N3O6S/c1-33-16-5-3-4-15(10-16)17-8-9-19-22-21(23(29)25-11-14-6-7-14)18(13-28)20(12-26(19)24(17)30)27(22)34(2,31)32/h3-5,8-10,14,18,20-22,28H,6-7,11-13H2,1-2H3,(H,25,29)/t18-,20-,21+,22+/m0/s1. The van der Waals surface area contributed by atoms with Gasteiger partial charge in [0.25, 0.3) is 5.56 Å². The van der Waals surface area contributed by atoms with Gasteiger partial charge in [-0.25, -0.2) is 8.42 Å². The van der Waals surface area contributed by atoms with Crippen LogP contribution in [0.3, 0.4) is 0 Å². The van der Waals surface area contributed by atoms with E-state index in [2.05, 4.69) is 5.32 Å². The Labute approximate surface area is 198 Å². The number of methoxy groups -OCH3 is 1. The maximum absolute atomic E-state index is 13.6. The molecule has 1 amide bonds. The van der Waals surface area contributed by atoms with Crippen LogP contribution in [0.15, 0.2) is 41.2 Å². The predicted molar refractivity (Wildman–Crippen MR) is 126 cm³/mol. The molecule has 9 nitrogen and oxygen atoms in total. The molecule has 2 fully saturated rings. The number of nitrogens with zero attached hydrogens (tertiary/aromatic N) is 2. The third-order valence-electron chi connectivity index (χ3n) is 7.32. The number of carbonyl (C=O) groups excluding carboxylic acids is 1. The number of nitrogens with one attached hydrogen (secondary N) is 1. The Hall–Kier alpha value is -2.69. The van der Waals surface area contributed by atoms with Crippen LogP contribution in [-0.2, 0) is 21.4 Å². The molecule has 182 valence electrons. The van der Waals surface area contributed by atoms with Gasteiger partial charge in [0.05, 0.1) is 25.3 Å². The fourth-order valence-corrected chi connectivity index (χ4v) is 6.87. The Morgan fingerprint density at radius 3 is 2.65 bits per heavy atom. The normalized spacial score (nSPS) is 26.2. The first-order valence-corrected chi connectivity index (χ1v) is 13.3. The van der Waals surface area contributed by atoms with E-state index >= 15 is 0 Å². The van der Waals surface area contributed by atoms with Crippen LogP contribution in [-0.4, -0.2) is 60.9 Å². The minimum Gasteiger partial charge on any atom is -0.497 e. The van der Waals surface area contributed by atoms with Gasteiger partial charge in [0.15, 0.2) is 0 Å². The van der Waals surface area contributed by atoms with E-state index in [0.717, 1.165) is 19.1 Å². The van der Waals surface area contributed by atoms with Crippen molar-refractivity contribution in [3.05, 3.63) is 52.4 Å². The number of aliphatic hydroxyl groups is 1. The van der Waals surface area contributed by atoms with Crippen molar-refractivity contribution < 1.29 is 23.1 Å². The van der Waals surface area contributed by atoms with Crippen LogP contribution in [0.25, 0.3) is 11.1 Å². The number of sulfonamides is 1. The predicted octanol–water partition coefficient (Wildman–Crippen LogP) is 0.973. The molecule has 4 atom stereocenters. The molecule has 0 unspecified atom stereocenters. The van der Waals surface area contributed by atoms with Gasteiger partial charge in [-0.2, -0.15) is 4.31 Å². The third-order valence-corrected chi connectivity index (χ3v) is 8.58. The summed E-state index contributed by atoms with van der Waals surface area (Å²) in [5.41, 5.74) is 1.37. The van der Waals surface area contributed by atoms with Crippen LogP contribution in [0.5, 0.6) is 5.75 Å². The lowest BCUT2D eigenvalue weighted by Crippen LogP contribution is -2.48. The number of benzene rings is 1. The fraction of sp³-hybridized carbons (Fsp3) is 0.500. The van der Waals surface area contributed by atoms with Crippen molar-refractivity contribution in [1.29, 1.82) is 0 Å². The number of aliphatic hydroxyl groups excluding tert-OH is 1. The van der Waals surface area contributed by atoms with Gasteiger partial charge in [-0.15, -0.1) is 0 Å². The Morgan fingerprint density at radius 2 is 2.00 bits per heavy atom. The summed E-state index contributed by atoms with van der Waals surface area (Å²) in [6, 6.07) is 9.05. The minimum absolute atomic E-state index is 0.0766. The van der Waals surface area contributed by atoms with Crippen LogP contribution in [0.2, 0.25) is 0 Å². The van der Waals surface area contributed by atoms with Gasteiger partial charge in [-0.3, -0.25) is 9.59 Å². The number of carbonyl (C=O) groups is 1. The highest BCUT2D eigenvalue weighted by Gasteiger charge is 2.58. The minimum atomic E-state index is -3.71. The van der Waals surface area contributed by atoms with Crippen molar-refractivity contribution in [1.82, 2.24) is 14.2 Å². The highest BCUT2D eigenvalue weighted by Crippen LogP contribution is 2.49. The quantitative estimate of drug-likeness (QED) is 0.601. The summed E-state index contributed by atoms with van der Waals surface area (Å²) in [6.45, 7) is 0.276. The summed E-state index contributed by atoms with van der Waals surface area (Å²) in [4.78, 5) is 26.8. The van der Waals surface area contributed by atoms with Gasteiger partial charge in [0.1, 0.15) is 5.75 Å². The summed E-state index contributed by atoms with van der Waals surface area (Å²) in [5.74, 6) is -0.581. The average Bonchev–Trinajstić information content (AvgIpc) is 3.60. The number of fused-ring (bicyclic) bond motifs is 4. The van der Waals surface area contributed by atoms with E-state index in [1.807, 2.05) is 6.07 Å². The molecule has 1 saturated carbocycles. The molecule has 2 N–H and O–H groups in total. The van der Waals surface area contributed by atoms with Crippen molar-refractivity contribution in [2.45, 2.75) is 31.5 Å². The summed E-state index contributed by atoms with van der Waals surface area (Å²) in [5, 5.41) is 13.2. The largest absolute Gasteiger partial charge is 0.497 e. The Bertz CT molecular complexity index is 1290. The summed E-state index contributed by atoms with van der Waals surface area (Å²) in [7, 11) is -2.15. The first kappa shape index (κ1) is 23.1. The second kappa shape index (κ2) is 8.51. The number of pyridine rings is 1. The van der Waals surface area contributed by atoms with Gasteiger partial charge in [0.2, 0.25) is 15.9 Å². The zero-order chi connectivity index (χ0) is 24.2. The Morgan fingerprint density at radius 1 is 1.24 bits per heavy atom. The zero-order valence-electron chi connectivity index (χ0n) is 19.2. The molecule has 1 aromatic carbocycles. The Kier molecular flexibility index (Phi) is 5.78. The molecule has 1 saturated heterocycles. The molecule has 0 radical (unpaired) electrons. The summed E-state index contributed by atoms with van der Waals surface area (Å²) in [6.07, 6.45) is 3.26. The topological polar surface area (TPSA) is 118 Å². The van der Waals surface area contributed by atoms with Crippen molar-refractivity contribution in [3.8, 4) is 16.9 Å².